The number of hydrogen-bond acceptors (Lipinski definition) is 6. The zero-order chi connectivity index (χ0) is 31.2. The van der Waals surface area contributed by atoms with Gasteiger partial charge in [0.25, 0.3) is 11.8 Å². The van der Waals surface area contributed by atoms with Crippen molar-refractivity contribution in [3.63, 3.8) is 0 Å². The van der Waals surface area contributed by atoms with E-state index in [0.29, 0.717) is 55.1 Å². The van der Waals surface area contributed by atoms with Crippen LogP contribution < -0.4 is 19.7 Å². The predicted octanol–water partition coefficient (Wildman–Crippen LogP) is 9.18. The summed E-state index contributed by atoms with van der Waals surface area (Å²) in [5.41, 5.74) is 3.55. The smallest absolute Gasteiger partial charge is 0.271 e. The Kier molecular flexibility index (Phi) is 10.2. The van der Waals surface area contributed by atoms with Crippen molar-refractivity contribution in [2.75, 3.05) is 23.4 Å². The zero-order valence-electron chi connectivity index (χ0n) is 23.6. The lowest BCUT2D eigenvalue weighted by Crippen LogP contribution is -2.28. The standard InChI is InChI=1S/C33H26Cl3N3O4S/c1-3-42-28-17-21(16-27(36)31(28)43-19-30(40)37-25-6-4-5-20(2)15-25)18-29-32(41)39(26-13-9-23(35)10-14-26)33(44-29)38-24-11-7-22(34)8-12-24/h4-18H,3,19H2,1-2H3,(H,37,40)/b29-18-,38-33?. The van der Waals surface area contributed by atoms with Gasteiger partial charge in [-0.2, -0.15) is 0 Å². The number of halogens is 3. The number of aliphatic imine (C=N–C) groups is 1. The van der Waals surface area contributed by atoms with Gasteiger partial charge >= 0.3 is 0 Å². The SMILES string of the molecule is CCOc1cc(/C=C2\SC(=Nc3ccc(Cl)cc3)N(c3ccc(Cl)cc3)C2=O)cc(Cl)c1OCC(=O)Nc1cccc(C)c1. The highest BCUT2D eigenvalue weighted by Crippen LogP contribution is 2.41. The summed E-state index contributed by atoms with van der Waals surface area (Å²) < 4.78 is 11.6. The number of aryl methyl sites for hydroxylation is 1. The number of hydrogen-bond donors (Lipinski definition) is 1. The molecular weight excluding hydrogens is 641 g/mol. The van der Waals surface area contributed by atoms with Crippen molar-refractivity contribution in [1.82, 2.24) is 0 Å². The number of anilines is 2. The topological polar surface area (TPSA) is 80.2 Å². The molecule has 0 aliphatic carbocycles. The normalized spacial score (nSPS) is 14.8. The molecule has 0 aromatic heterocycles. The minimum atomic E-state index is -0.344. The molecule has 2 amide bonds. The fourth-order valence-electron chi connectivity index (χ4n) is 4.28. The summed E-state index contributed by atoms with van der Waals surface area (Å²) in [5.74, 6) is -0.0428. The van der Waals surface area contributed by atoms with Crippen LogP contribution in [0.1, 0.15) is 18.1 Å². The highest BCUT2D eigenvalue weighted by Gasteiger charge is 2.35. The highest BCUT2D eigenvalue weighted by atomic mass is 35.5. The number of nitrogens with one attached hydrogen (secondary N) is 1. The molecule has 0 saturated carbocycles. The van der Waals surface area contributed by atoms with Crippen LogP contribution in [0.4, 0.5) is 17.1 Å². The van der Waals surface area contributed by atoms with Crippen LogP contribution in [0, 0.1) is 6.92 Å². The molecule has 1 aliphatic heterocycles. The third kappa shape index (κ3) is 7.76. The second-order valence-corrected chi connectivity index (χ2v) is 11.9. The Bertz CT molecular complexity index is 1760. The Morgan fingerprint density at radius 2 is 1.66 bits per heavy atom. The molecule has 4 aromatic rings. The van der Waals surface area contributed by atoms with Crippen LogP contribution in [0.3, 0.4) is 0 Å². The van der Waals surface area contributed by atoms with Gasteiger partial charge in [0, 0.05) is 15.7 Å². The molecule has 0 spiro atoms. The summed E-state index contributed by atoms with van der Waals surface area (Å²) in [7, 11) is 0. The Morgan fingerprint density at radius 1 is 0.955 bits per heavy atom. The first-order valence-corrected chi connectivity index (χ1v) is 15.4. The summed E-state index contributed by atoms with van der Waals surface area (Å²) in [5, 5.41) is 4.63. The number of ether oxygens (including phenoxy) is 2. The molecule has 1 N–H and O–H groups in total. The van der Waals surface area contributed by atoms with E-state index in [2.05, 4.69) is 5.32 Å². The van der Waals surface area contributed by atoms with Crippen LogP contribution in [0.15, 0.2) is 94.8 Å². The third-order valence-electron chi connectivity index (χ3n) is 6.22. The van der Waals surface area contributed by atoms with Gasteiger partial charge in [-0.05, 0) is 116 Å². The number of carbonyl (C=O) groups excluding carboxylic acids is 2. The molecule has 44 heavy (non-hydrogen) atoms. The second kappa shape index (κ2) is 14.2. The van der Waals surface area contributed by atoms with Crippen molar-refractivity contribution in [2.24, 2.45) is 4.99 Å². The van der Waals surface area contributed by atoms with E-state index >= 15 is 0 Å². The first-order valence-electron chi connectivity index (χ1n) is 13.5. The summed E-state index contributed by atoms with van der Waals surface area (Å²) in [6.07, 6.45) is 1.71. The minimum Gasteiger partial charge on any atom is -0.490 e. The van der Waals surface area contributed by atoms with Gasteiger partial charge < -0.3 is 14.8 Å². The molecule has 1 heterocycles. The van der Waals surface area contributed by atoms with E-state index in [1.165, 1.54) is 16.7 Å². The molecule has 4 aromatic carbocycles. The van der Waals surface area contributed by atoms with E-state index in [-0.39, 0.29) is 29.2 Å². The number of thioether (sulfide) groups is 1. The summed E-state index contributed by atoms with van der Waals surface area (Å²) in [6.45, 7) is 3.82. The van der Waals surface area contributed by atoms with Gasteiger partial charge in [-0.25, -0.2) is 4.99 Å². The maximum atomic E-state index is 13.7. The van der Waals surface area contributed by atoms with E-state index in [0.717, 1.165) is 5.56 Å². The van der Waals surface area contributed by atoms with Crippen LogP contribution >= 0.6 is 46.6 Å². The number of amidine groups is 1. The van der Waals surface area contributed by atoms with E-state index < -0.39 is 0 Å². The third-order valence-corrected chi connectivity index (χ3v) is 7.98. The fourth-order valence-corrected chi connectivity index (χ4v) is 5.80. The average molecular weight is 667 g/mol. The zero-order valence-corrected chi connectivity index (χ0v) is 26.7. The largest absolute Gasteiger partial charge is 0.490 e. The molecule has 1 saturated heterocycles. The molecule has 1 aliphatic rings. The molecule has 5 rings (SSSR count). The molecule has 0 bridgehead atoms. The lowest BCUT2D eigenvalue weighted by atomic mass is 10.1. The van der Waals surface area contributed by atoms with Crippen LogP contribution in [-0.2, 0) is 9.59 Å². The van der Waals surface area contributed by atoms with E-state index in [9.17, 15) is 9.59 Å². The molecule has 0 unspecified atom stereocenters. The lowest BCUT2D eigenvalue weighted by Gasteiger charge is -2.16. The first-order chi connectivity index (χ1) is 21.2. The first kappa shape index (κ1) is 31.5. The number of nitrogens with zero attached hydrogens (tertiary/aromatic N) is 2. The number of benzene rings is 4. The van der Waals surface area contributed by atoms with Crippen molar-refractivity contribution in [2.45, 2.75) is 13.8 Å². The molecule has 1 fully saturated rings. The van der Waals surface area contributed by atoms with Gasteiger partial charge in [-0.15, -0.1) is 0 Å². The van der Waals surface area contributed by atoms with E-state index in [1.807, 2.05) is 32.0 Å². The van der Waals surface area contributed by atoms with Crippen molar-refractivity contribution in [3.8, 4) is 11.5 Å². The van der Waals surface area contributed by atoms with Crippen LogP contribution in [0.5, 0.6) is 11.5 Å². The van der Waals surface area contributed by atoms with Gasteiger partial charge in [0.05, 0.1) is 27.9 Å². The summed E-state index contributed by atoms with van der Waals surface area (Å²) >= 11 is 20.0. The quantitative estimate of drug-likeness (QED) is 0.180. The van der Waals surface area contributed by atoms with Crippen molar-refractivity contribution >= 4 is 86.7 Å². The van der Waals surface area contributed by atoms with E-state index in [4.69, 9.17) is 49.3 Å². The Morgan fingerprint density at radius 3 is 2.34 bits per heavy atom. The number of carbonyl (C=O) groups is 2. The van der Waals surface area contributed by atoms with Crippen molar-refractivity contribution < 1.29 is 19.1 Å². The minimum absolute atomic E-state index is 0.228. The molecule has 11 heteroatoms. The van der Waals surface area contributed by atoms with E-state index in [1.54, 1.807) is 72.8 Å². The average Bonchev–Trinajstić information content (AvgIpc) is 3.28. The number of rotatable bonds is 9. The van der Waals surface area contributed by atoms with Crippen LogP contribution in [0.2, 0.25) is 15.1 Å². The fraction of sp³-hybridized carbons (Fsp3) is 0.121. The Labute approximate surface area is 274 Å². The monoisotopic (exact) mass is 665 g/mol. The molecule has 0 radical (unpaired) electrons. The van der Waals surface area contributed by atoms with Crippen LogP contribution in [-0.4, -0.2) is 30.2 Å². The second-order valence-electron chi connectivity index (χ2n) is 9.57. The molecular formula is C33H26Cl3N3O4S. The lowest BCUT2D eigenvalue weighted by molar-refractivity contribution is -0.118. The molecule has 0 atom stereocenters. The summed E-state index contributed by atoms with van der Waals surface area (Å²) in [4.78, 5) is 32.9. The molecule has 7 nitrogen and oxygen atoms in total. The van der Waals surface area contributed by atoms with Gasteiger partial charge in [-0.3, -0.25) is 14.5 Å². The Balaban J connectivity index is 1.42. The number of amides is 2. The van der Waals surface area contributed by atoms with Gasteiger partial charge in [0.1, 0.15) is 0 Å². The highest BCUT2D eigenvalue weighted by molar-refractivity contribution is 8.19. The van der Waals surface area contributed by atoms with Crippen molar-refractivity contribution in [3.05, 3.63) is 116 Å². The summed E-state index contributed by atoms with van der Waals surface area (Å²) in [6, 6.07) is 24.8. The molecule has 224 valence electrons. The van der Waals surface area contributed by atoms with Gasteiger partial charge in [0.2, 0.25) is 0 Å². The predicted molar refractivity (Wildman–Crippen MR) is 181 cm³/mol. The Hall–Kier alpha value is -3.95. The maximum Gasteiger partial charge on any atom is 0.271 e. The van der Waals surface area contributed by atoms with Crippen LogP contribution in [0.25, 0.3) is 6.08 Å². The van der Waals surface area contributed by atoms with Gasteiger partial charge in [-0.1, -0.05) is 46.9 Å². The van der Waals surface area contributed by atoms with Gasteiger partial charge in [0.15, 0.2) is 23.3 Å². The maximum absolute atomic E-state index is 13.7. The van der Waals surface area contributed by atoms with Crippen molar-refractivity contribution in [1.29, 1.82) is 0 Å².